The fourth-order valence-corrected chi connectivity index (χ4v) is 2.79. The molecule has 0 aliphatic carbocycles. The van der Waals surface area contributed by atoms with Gasteiger partial charge in [-0.2, -0.15) is 0 Å². The molecule has 1 aliphatic heterocycles. The van der Waals surface area contributed by atoms with Crippen LogP contribution >= 0.6 is 0 Å². The average Bonchev–Trinajstić information content (AvgIpc) is 2.46. The lowest BCUT2D eigenvalue weighted by molar-refractivity contribution is -0.385. The van der Waals surface area contributed by atoms with E-state index in [2.05, 4.69) is 19.2 Å². The highest BCUT2D eigenvalue weighted by Gasteiger charge is 2.24. The lowest BCUT2D eigenvalue weighted by Gasteiger charge is -2.32. The van der Waals surface area contributed by atoms with Crippen LogP contribution in [0.5, 0.6) is 0 Å². The van der Waals surface area contributed by atoms with E-state index in [4.69, 9.17) is 4.74 Å². The summed E-state index contributed by atoms with van der Waals surface area (Å²) in [7, 11) is 0. The predicted octanol–water partition coefficient (Wildman–Crippen LogP) is 3.20. The van der Waals surface area contributed by atoms with Gasteiger partial charge in [-0.1, -0.05) is 26.0 Å². The van der Waals surface area contributed by atoms with Gasteiger partial charge in [0, 0.05) is 30.8 Å². The van der Waals surface area contributed by atoms with Crippen LogP contribution in [0.1, 0.15) is 37.8 Å². The predicted molar refractivity (Wildman–Crippen MR) is 82.3 cm³/mol. The van der Waals surface area contributed by atoms with Gasteiger partial charge in [0.1, 0.15) is 0 Å². The minimum absolute atomic E-state index is 0.196. The van der Waals surface area contributed by atoms with Gasteiger partial charge < -0.3 is 10.1 Å². The zero-order valence-electron chi connectivity index (χ0n) is 13.0. The number of nitro groups is 1. The second-order valence-corrected chi connectivity index (χ2v) is 6.07. The highest BCUT2D eigenvalue weighted by molar-refractivity contribution is 5.44. The third-order valence-corrected chi connectivity index (χ3v) is 4.25. The quantitative estimate of drug-likeness (QED) is 0.668. The van der Waals surface area contributed by atoms with Crippen molar-refractivity contribution < 1.29 is 9.66 Å². The fraction of sp³-hybridized carbons (Fsp3) is 0.625. The van der Waals surface area contributed by atoms with Crippen molar-refractivity contribution in [2.75, 3.05) is 6.61 Å². The number of rotatable bonds is 5. The first-order valence-electron chi connectivity index (χ1n) is 7.57. The molecule has 1 aliphatic rings. The number of hydrogen-bond acceptors (Lipinski definition) is 4. The van der Waals surface area contributed by atoms with Gasteiger partial charge in [-0.3, -0.25) is 10.1 Å². The molecule has 1 saturated heterocycles. The van der Waals surface area contributed by atoms with E-state index >= 15 is 0 Å². The fourth-order valence-electron chi connectivity index (χ4n) is 2.79. The van der Waals surface area contributed by atoms with E-state index in [-0.39, 0.29) is 10.6 Å². The second kappa shape index (κ2) is 7.00. The van der Waals surface area contributed by atoms with Crippen molar-refractivity contribution in [1.29, 1.82) is 0 Å². The summed E-state index contributed by atoms with van der Waals surface area (Å²) in [6.07, 6.45) is 2.31. The molecule has 0 bridgehead atoms. The van der Waals surface area contributed by atoms with Gasteiger partial charge >= 0.3 is 0 Å². The first-order chi connectivity index (χ1) is 9.99. The number of hydrogen-bond donors (Lipinski definition) is 1. The summed E-state index contributed by atoms with van der Waals surface area (Å²) in [5, 5.41) is 14.5. The van der Waals surface area contributed by atoms with E-state index in [1.165, 1.54) is 0 Å². The topological polar surface area (TPSA) is 64.4 Å². The molecular weight excluding hydrogens is 268 g/mol. The Morgan fingerprint density at radius 1 is 1.48 bits per heavy atom. The summed E-state index contributed by atoms with van der Waals surface area (Å²) in [5.41, 5.74) is 1.94. The van der Waals surface area contributed by atoms with E-state index in [0.29, 0.717) is 24.6 Å². The molecule has 1 aromatic carbocycles. The highest BCUT2D eigenvalue weighted by Crippen LogP contribution is 2.23. The van der Waals surface area contributed by atoms with Gasteiger partial charge in [0.15, 0.2) is 0 Å². The van der Waals surface area contributed by atoms with Crippen LogP contribution in [0.4, 0.5) is 5.69 Å². The molecule has 0 saturated carbocycles. The van der Waals surface area contributed by atoms with Crippen LogP contribution in [0.15, 0.2) is 18.2 Å². The average molecular weight is 292 g/mol. The number of nitro benzene ring substituents is 1. The molecule has 0 amide bonds. The second-order valence-electron chi connectivity index (χ2n) is 6.07. The van der Waals surface area contributed by atoms with Crippen molar-refractivity contribution in [2.24, 2.45) is 5.92 Å². The van der Waals surface area contributed by atoms with Gasteiger partial charge in [-0.05, 0) is 31.2 Å². The van der Waals surface area contributed by atoms with Crippen LogP contribution in [0.3, 0.4) is 0 Å². The monoisotopic (exact) mass is 292 g/mol. The zero-order chi connectivity index (χ0) is 15.4. The normalized spacial score (nSPS) is 22.5. The SMILES string of the molecule is Cc1c(CNC2CCOC(C(C)C)C2)cccc1[N+](=O)[O-]. The molecule has 116 valence electrons. The van der Waals surface area contributed by atoms with Crippen LogP contribution in [0.25, 0.3) is 0 Å². The van der Waals surface area contributed by atoms with Gasteiger partial charge in [0.25, 0.3) is 5.69 Å². The molecule has 0 spiro atoms. The van der Waals surface area contributed by atoms with Gasteiger partial charge in [-0.25, -0.2) is 0 Å². The molecule has 0 aromatic heterocycles. The lowest BCUT2D eigenvalue weighted by Crippen LogP contribution is -2.40. The Kier molecular flexibility index (Phi) is 5.31. The van der Waals surface area contributed by atoms with Crippen molar-refractivity contribution >= 4 is 5.69 Å². The van der Waals surface area contributed by atoms with Crippen LogP contribution in [0.2, 0.25) is 0 Å². The molecule has 5 heteroatoms. The van der Waals surface area contributed by atoms with Crippen LogP contribution in [-0.4, -0.2) is 23.7 Å². The highest BCUT2D eigenvalue weighted by atomic mass is 16.6. The molecule has 5 nitrogen and oxygen atoms in total. The van der Waals surface area contributed by atoms with Crippen molar-refractivity contribution in [1.82, 2.24) is 5.32 Å². The summed E-state index contributed by atoms with van der Waals surface area (Å²) in [6.45, 7) is 7.63. The number of benzene rings is 1. The Balaban J connectivity index is 1.97. The maximum absolute atomic E-state index is 11.0. The standard InChI is InChI=1S/C16H24N2O3/c1-11(2)16-9-14(7-8-21-16)17-10-13-5-4-6-15(12(13)3)18(19)20/h4-6,11,14,16-17H,7-10H2,1-3H3. The molecule has 1 fully saturated rings. The molecule has 2 unspecified atom stereocenters. The third kappa shape index (κ3) is 4.02. The first kappa shape index (κ1) is 15.9. The molecule has 0 radical (unpaired) electrons. The molecule has 1 heterocycles. The van der Waals surface area contributed by atoms with Gasteiger partial charge in [0.2, 0.25) is 0 Å². The third-order valence-electron chi connectivity index (χ3n) is 4.25. The van der Waals surface area contributed by atoms with E-state index in [1.807, 2.05) is 13.0 Å². The van der Waals surface area contributed by atoms with E-state index in [0.717, 1.165) is 30.6 Å². The summed E-state index contributed by atoms with van der Waals surface area (Å²) < 4.78 is 5.77. The Morgan fingerprint density at radius 2 is 2.24 bits per heavy atom. The van der Waals surface area contributed by atoms with Crippen LogP contribution in [0, 0.1) is 23.0 Å². The molecule has 2 atom stereocenters. The Morgan fingerprint density at radius 3 is 2.90 bits per heavy atom. The van der Waals surface area contributed by atoms with Crippen molar-refractivity contribution in [3.63, 3.8) is 0 Å². The first-order valence-corrected chi connectivity index (χ1v) is 7.57. The maximum Gasteiger partial charge on any atom is 0.272 e. The molecular formula is C16H24N2O3. The van der Waals surface area contributed by atoms with E-state index in [9.17, 15) is 10.1 Å². The minimum Gasteiger partial charge on any atom is -0.378 e. The summed E-state index contributed by atoms with van der Waals surface area (Å²) in [5.74, 6) is 0.522. The van der Waals surface area contributed by atoms with Crippen molar-refractivity contribution in [3.05, 3.63) is 39.4 Å². The van der Waals surface area contributed by atoms with E-state index in [1.54, 1.807) is 12.1 Å². The van der Waals surface area contributed by atoms with Crippen LogP contribution in [-0.2, 0) is 11.3 Å². The number of nitrogens with zero attached hydrogens (tertiary/aromatic N) is 1. The molecule has 1 N–H and O–H groups in total. The smallest absolute Gasteiger partial charge is 0.272 e. The van der Waals surface area contributed by atoms with Crippen LogP contribution < -0.4 is 5.32 Å². The van der Waals surface area contributed by atoms with Gasteiger partial charge in [0.05, 0.1) is 11.0 Å². The Labute approximate surface area is 125 Å². The zero-order valence-corrected chi connectivity index (χ0v) is 13.0. The largest absolute Gasteiger partial charge is 0.378 e. The van der Waals surface area contributed by atoms with Gasteiger partial charge in [-0.15, -0.1) is 0 Å². The van der Waals surface area contributed by atoms with E-state index < -0.39 is 0 Å². The summed E-state index contributed by atoms with van der Waals surface area (Å²) in [6, 6.07) is 5.68. The number of nitrogens with one attached hydrogen (secondary N) is 1. The molecule has 1 aromatic rings. The minimum atomic E-state index is -0.317. The van der Waals surface area contributed by atoms with Crippen molar-refractivity contribution in [3.8, 4) is 0 Å². The lowest BCUT2D eigenvalue weighted by atomic mass is 9.95. The summed E-state index contributed by atoms with van der Waals surface area (Å²) in [4.78, 5) is 10.6. The molecule has 2 rings (SSSR count). The van der Waals surface area contributed by atoms with Crippen molar-refractivity contribution in [2.45, 2.75) is 52.3 Å². The Bertz CT molecular complexity index is 502. The maximum atomic E-state index is 11.0. The summed E-state index contributed by atoms with van der Waals surface area (Å²) >= 11 is 0. The number of ether oxygens (including phenoxy) is 1. The molecule has 21 heavy (non-hydrogen) atoms. The Hall–Kier alpha value is -1.46.